The molecule has 0 aliphatic carbocycles. The first kappa shape index (κ1) is 15.5. The van der Waals surface area contributed by atoms with Crippen LogP contribution in [0.25, 0.3) is 0 Å². The Morgan fingerprint density at radius 1 is 1.10 bits per heavy atom. The molecule has 0 radical (unpaired) electrons. The number of carbonyl (C=O) groups excluding carboxylic acids is 1. The SMILES string of the molecule is O=C(CC=NOCc1ccc(Cl)c(Cl)c1)c1ccccc1. The zero-order valence-electron chi connectivity index (χ0n) is 11.1. The highest BCUT2D eigenvalue weighted by atomic mass is 35.5. The fraction of sp³-hybridized carbons (Fsp3) is 0.125. The molecule has 3 nitrogen and oxygen atoms in total. The van der Waals surface area contributed by atoms with Crippen molar-refractivity contribution in [2.45, 2.75) is 13.0 Å². The van der Waals surface area contributed by atoms with Crippen LogP contribution in [0, 0.1) is 0 Å². The van der Waals surface area contributed by atoms with Gasteiger partial charge in [-0.15, -0.1) is 0 Å². The van der Waals surface area contributed by atoms with Crippen LogP contribution in [0.2, 0.25) is 10.0 Å². The van der Waals surface area contributed by atoms with Crippen molar-refractivity contribution in [3.05, 3.63) is 69.7 Å². The maximum absolute atomic E-state index is 11.8. The van der Waals surface area contributed by atoms with Gasteiger partial charge in [0.15, 0.2) is 5.78 Å². The summed E-state index contributed by atoms with van der Waals surface area (Å²) >= 11 is 11.7. The van der Waals surface area contributed by atoms with Crippen LogP contribution in [-0.4, -0.2) is 12.0 Å². The molecule has 0 aliphatic rings. The normalized spacial score (nSPS) is 10.8. The van der Waals surface area contributed by atoms with E-state index in [1.165, 1.54) is 6.21 Å². The number of ketones is 1. The molecule has 0 saturated heterocycles. The van der Waals surface area contributed by atoms with Gasteiger partial charge in [-0.1, -0.05) is 64.8 Å². The Hall–Kier alpha value is -1.84. The van der Waals surface area contributed by atoms with Gasteiger partial charge in [0, 0.05) is 12.0 Å². The van der Waals surface area contributed by atoms with Crippen molar-refractivity contribution in [2.75, 3.05) is 0 Å². The van der Waals surface area contributed by atoms with Crippen LogP contribution in [0.4, 0.5) is 0 Å². The third-order valence-electron chi connectivity index (χ3n) is 2.74. The van der Waals surface area contributed by atoms with Crippen molar-refractivity contribution in [3.63, 3.8) is 0 Å². The lowest BCUT2D eigenvalue weighted by atomic mass is 10.1. The van der Waals surface area contributed by atoms with Crippen molar-refractivity contribution in [1.29, 1.82) is 0 Å². The highest BCUT2D eigenvalue weighted by Crippen LogP contribution is 2.22. The summed E-state index contributed by atoms with van der Waals surface area (Å²) in [5.41, 5.74) is 1.52. The number of nitrogens with zero attached hydrogens (tertiary/aromatic N) is 1. The summed E-state index contributed by atoms with van der Waals surface area (Å²) in [4.78, 5) is 16.9. The van der Waals surface area contributed by atoms with Gasteiger partial charge in [-0.2, -0.15) is 0 Å². The Labute approximate surface area is 133 Å². The van der Waals surface area contributed by atoms with Crippen molar-refractivity contribution >= 4 is 35.2 Å². The first-order valence-electron chi connectivity index (χ1n) is 6.33. The molecular weight excluding hydrogens is 309 g/mol. The van der Waals surface area contributed by atoms with Gasteiger partial charge in [-0.25, -0.2) is 0 Å². The van der Waals surface area contributed by atoms with Gasteiger partial charge in [-0.05, 0) is 17.7 Å². The molecule has 0 aliphatic heterocycles. The highest BCUT2D eigenvalue weighted by Gasteiger charge is 2.02. The van der Waals surface area contributed by atoms with Crippen LogP contribution < -0.4 is 0 Å². The largest absolute Gasteiger partial charge is 0.391 e. The molecule has 5 heteroatoms. The van der Waals surface area contributed by atoms with E-state index in [4.69, 9.17) is 28.0 Å². The van der Waals surface area contributed by atoms with E-state index in [-0.39, 0.29) is 18.8 Å². The van der Waals surface area contributed by atoms with E-state index in [0.29, 0.717) is 15.6 Å². The van der Waals surface area contributed by atoms with Gasteiger partial charge in [0.1, 0.15) is 6.61 Å². The summed E-state index contributed by atoms with van der Waals surface area (Å²) in [5, 5.41) is 4.73. The van der Waals surface area contributed by atoms with Gasteiger partial charge in [0.25, 0.3) is 0 Å². The molecule has 2 aromatic carbocycles. The van der Waals surface area contributed by atoms with Crippen molar-refractivity contribution in [1.82, 2.24) is 0 Å². The molecule has 0 heterocycles. The summed E-state index contributed by atoms with van der Waals surface area (Å²) < 4.78 is 0. The number of halogens is 2. The minimum Gasteiger partial charge on any atom is -0.391 e. The first-order valence-corrected chi connectivity index (χ1v) is 7.08. The molecule has 0 atom stereocenters. The Morgan fingerprint density at radius 3 is 2.57 bits per heavy atom. The van der Waals surface area contributed by atoms with Crippen LogP contribution in [0.1, 0.15) is 22.3 Å². The molecule has 0 saturated carbocycles. The topological polar surface area (TPSA) is 38.7 Å². The average Bonchev–Trinajstić information content (AvgIpc) is 2.51. The van der Waals surface area contributed by atoms with Crippen LogP contribution in [-0.2, 0) is 11.4 Å². The molecule has 21 heavy (non-hydrogen) atoms. The fourth-order valence-corrected chi connectivity index (χ4v) is 1.98. The van der Waals surface area contributed by atoms with E-state index in [1.807, 2.05) is 18.2 Å². The second kappa shape index (κ2) is 7.81. The molecule has 0 spiro atoms. The Balaban J connectivity index is 1.78. The number of rotatable bonds is 6. The molecule has 0 amide bonds. The zero-order chi connectivity index (χ0) is 15.1. The average molecular weight is 322 g/mol. The number of hydrogen-bond donors (Lipinski definition) is 0. The van der Waals surface area contributed by atoms with Gasteiger partial charge in [0.05, 0.1) is 16.3 Å². The summed E-state index contributed by atoms with van der Waals surface area (Å²) in [7, 11) is 0. The third kappa shape index (κ3) is 4.88. The Kier molecular flexibility index (Phi) is 5.78. The number of carbonyl (C=O) groups is 1. The van der Waals surface area contributed by atoms with Crippen LogP contribution in [0.5, 0.6) is 0 Å². The van der Waals surface area contributed by atoms with E-state index in [2.05, 4.69) is 5.16 Å². The standard InChI is InChI=1S/C16H13Cl2NO2/c17-14-7-6-12(10-15(14)18)11-21-19-9-8-16(20)13-4-2-1-3-5-13/h1-7,9-10H,8,11H2. The number of Topliss-reactive ketones (excluding diaryl/α,β-unsaturated/α-hetero) is 1. The Bertz CT molecular complexity index is 642. The minimum atomic E-state index is -0.00233. The first-order chi connectivity index (χ1) is 10.2. The van der Waals surface area contributed by atoms with E-state index < -0.39 is 0 Å². The number of benzene rings is 2. The lowest BCUT2D eigenvalue weighted by Gasteiger charge is -2.01. The van der Waals surface area contributed by atoms with Crippen molar-refractivity contribution < 1.29 is 9.63 Å². The predicted octanol–water partition coefficient (Wildman–Crippen LogP) is 4.77. The molecule has 2 rings (SSSR count). The maximum atomic E-state index is 11.8. The van der Waals surface area contributed by atoms with Gasteiger partial charge in [0.2, 0.25) is 0 Å². The molecule has 0 unspecified atom stereocenters. The van der Waals surface area contributed by atoms with E-state index in [1.54, 1.807) is 30.3 Å². The second-order valence-corrected chi connectivity index (χ2v) is 5.12. The molecule has 2 aromatic rings. The summed E-state index contributed by atoms with van der Waals surface area (Å²) in [6.45, 7) is 0.271. The Morgan fingerprint density at radius 2 is 1.86 bits per heavy atom. The predicted molar refractivity (Wildman–Crippen MR) is 85.1 cm³/mol. The van der Waals surface area contributed by atoms with Gasteiger partial charge < -0.3 is 4.84 Å². The smallest absolute Gasteiger partial charge is 0.168 e. The molecule has 0 fully saturated rings. The molecule has 0 bridgehead atoms. The molecular formula is C16H13Cl2NO2. The summed E-state index contributed by atoms with van der Waals surface area (Å²) in [6, 6.07) is 14.3. The van der Waals surface area contributed by atoms with E-state index in [0.717, 1.165) is 5.56 Å². The number of hydrogen-bond acceptors (Lipinski definition) is 3. The van der Waals surface area contributed by atoms with Crippen LogP contribution >= 0.6 is 23.2 Å². The van der Waals surface area contributed by atoms with Gasteiger partial charge in [-0.3, -0.25) is 4.79 Å². The van der Waals surface area contributed by atoms with Crippen molar-refractivity contribution in [3.8, 4) is 0 Å². The number of oxime groups is 1. The maximum Gasteiger partial charge on any atom is 0.168 e. The quantitative estimate of drug-likeness (QED) is 0.436. The third-order valence-corrected chi connectivity index (χ3v) is 3.48. The van der Waals surface area contributed by atoms with Crippen molar-refractivity contribution in [2.24, 2.45) is 5.16 Å². The van der Waals surface area contributed by atoms with E-state index >= 15 is 0 Å². The lowest BCUT2D eigenvalue weighted by Crippen LogP contribution is -1.99. The van der Waals surface area contributed by atoms with Gasteiger partial charge >= 0.3 is 0 Å². The molecule has 108 valence electrons. The fourth-order valence-electron chi connectivity index (χ4n) is 1.66. The zero-order valence-corrected chi connectivity index (χ0v) is 12.6. The van der Waals surface area contributed by atoms with E-state index in [9.17, 15) is 4.79 Å². The van der Waals surface area contributed by atoms with Crippen LogP contribution in [0.15, 0.2) is 53.7 Å². The lowest BCUT2D eigenvalue weighted by molar-refractivity contribution is 0.0996. The molecule has 0 aromatic heterocycles. The second-order valence-electron chi connectivity index (χ2n) is 4.30. The summed E-state index contributed by atoms with van der Waals surface area (Å²) in [6.07, 6.45) is 1.65. The minimum absolute atomic E-state index is 0.00233. The molecule has 0 N–H and O–H groups in total. The highest BCUT2D eigenvalue weighted by molar-refractivity contribution is 6.42. The monoisotopic (exact) mass is 321 g/mol. The van der Waals surface area contributed by atoms with Crippen LogP contribution in [0.3, 0.4) is 0 Å². The summed E-state index contributed by atoms with van der Waals surface area (Å²) in [5.74, 6) is -0.00233.